The van der Waals surface area contributed by atoms with Crippen LogP contribution in [0.15, 0.2) is 12.1 Å². The van der Waals surface area contributed by atoms with Crippen LogP contribution >= 0.6 is 23.2 Å². The molecule has 0 aliphatic rings. The van der Waals surface area contributed by atoms with E-state index in [1.165, 1.54) is 0 Å². The Kier molecular flexibility index (Phi) is 3.24. The maximum Gasteiger partial charge on any atom is 0.139 e. The van der Waals surface area contributed by atoms with Crippen molar-refractivity contribution >= 4 is 23.2 Å². The zero-order chi connectivity index (χ0) is 9.14. The first-order valence-corrected chi connectivity index (χ1v) is 4.49. The third kappa shape index (κ3) is 1.85. The monoisotopic (exact) mass is 204 g/mol. The van der Waals surface area contributed by atoms with Gasteiger partial charge in [-0.05, 0) is 25.5 Å². The number of halogens is 2. The zero-order valence-electron chi connectivity index (χ0n) is 7.03. The topological polar surface area (TPSA) is 9.23 Å². The van der Waals surface area contributed by atoms with Gasteiger partial charge >= 0.3 is 0 Å². The van der Waals surface area contributed by atoms with Crippen LogP contribution in [0, 0.1) is 6.92 Å². The molecule has 1 nitrogen and oxygen atoms in total. The molecule has 0 heterocycles. The fourth-order valence-electron chi connectivity index (χ4n) is 0.895. The Morgan fingerprint density at radius 3 is 2.50 bits per heavy atom. The summed E-state index contributed by atoms with van der Waals surface area (Å²) in [5.74, 6) is 0.648. The maximum atomic E-state index is 5.92. The molecule has 0 unspecified atom stereocenters. The Labute approximate surface area is 82.2 Å². The number of hydrogen-bond acceptors (Lipinski definition) is 1. The van der Waals surface area contributed by atoms with Crippen LogP contribution in [0.3, 0.4) is 0 Å². The van der Waals surface area contributed by atoms with E-state index in [1.54, 1.807) is 0 Å². The number of aryl methyl sites for hydroxylation is 1. The van der Waals surface area contributed by atoms with E-state index in [2.05, 4.69) is 0 Å². The zero-order valence-corrected chi connectivity index (χ0v) is 8.54. The third-order valence-corrected chi connectivity index (χ3v) is 2.50. The summed E-state index contributed by atoms with van der Waals surface area (Å²) < 4.78 is 5.26. The lowest BCUT2D eigenvalue weighted by molar-refractivity contribution is 0.340. The van der Waals surface area contributed by atoms with Gasteiger partial charge in [0.05, 0.1) is 11.6 Å². The van der Waals surface area contributed by atoms with Crippen LogP contribution in [-0.4, -0.2) is 6.61 Å². The fraction of sp³-hybridized carbons (Fsp3) is 0.333. The van der Waals surface area contributed by atoms with E-state index in [1.807, 2.05) is 26.0 Å². The van der Waals surface area contributed by atoms with Crippen LogP contribution in [0.1, 0.15) is 12.5 Å². The molecule has 12 heavy (non-hydrogen) atoms. The van der Waals surface area contributed by atoms with Crippen molar-refractivity contribution in [3.63, 3.8) is 0 Å². The Morgan fingerprint density at radius 1 is 1.25 bits per heavy atom. The molecular formula is C9H10Cl2O. The van der Waals surface area contributed by atoms with Crippen LogP contribution in [0.2, 0.25) is 10.0 Å². The number of hydrogen-bond donors (Lipinski definition) is 0. The van der Waals surface area contributed by atoms with E-state index >= 15 is 0 Å². The van der Waals surface area contributed by atoms with Crippen LogP contribution in [0.5, 0.6) is 5.75 Å². The molecule has 0 aromatic heterocycles. The molecule has 1 rings (SSSR count). The first-order chi connectivity index (χ1) is 5.66. The lowest BCUT2D eigenvalue weighted by atomic mass is 10.2. The van der Waals surface area contributed by atoms with E-state index in [-0.39, 0.29) is 0 Å². The van der Waals surface area contributed by atoms with Crippen molar-refractivity contribution < 1.29 is 4.74 Å². The van der Waals surface area contributed by atoms with Gasteiger partial charge in [-0.25, -0.2) is 0 Å². The highest BCUT2D eigenvalue weighted by Gasteiger charge is 2.07. The van der Waals surface area contributed by atoms with E-state index in [4.69, 9.17) is 27.9 Å². The normalized spacial score (nSPS) is 10.0. The van der Waals surface area contributed by atoms with Gasteiger partial charge in [0.15, 0.2) is 0 Å². The van der Waals surface area contributed by atoms with Crippen LogP contribution < -0.4 is 4.74 Å². The molecule has 1 aromatic rings. The molecule has 0 fully saturated rings. The molecule has 0 N–H and O–H groups in total. The van der Waals surface area contributed by atoms with Gasteiger partial charge in [0.25, 0.3) is 0 Å². The second-order valence-electron chi connectivity index (χ2n) is 2.44. The van der Waals surface area contributed by atoms with E-state index in [9.17, 15) is 0 Å². The Balaban J connectivity index is 3.08. The first kappa shape index (κ1) is 9.69. The summed E-state index contributed by atoms with van der Waals surface area (Å²) in [7, 11) is 0. The number of benzene rings is 1. The van der Waals surface area contributed by atoms with E-state index < -0.39 is 0 Å². The highest BCUT2D eigenvalue weighted by molar-refractivity contribution is 6.43. The van der Waals surface area contributed by atoms with Gasteiger partial charge in [0.2, 0.25) is 0 Å². The summed E-state index contributed by atoms with van der Waals surface area (Å²) in [6.07, 6.45) is 0. The van der Waals surface area contributed by atoms with Gasteiger partial charge in [-0.15, -0.1) is 0 Å². The summed E-state index contributed by atoms with van der Waals surface area (Å²) in [6.45, 7) is 4.41. The van der Waals surface area contributed by atoms with Crippen molar-refractivity contribution in [2.24, 2.45) is 0 Å². The SMILES string of the molecule is CCOc1ccc(C)c(Cl)c1Cl. The predicted molar refractivity (Wildman–Crippen MR) is 52.4 cm³/mol. The minimum absolute atomic E-state index is 0.499. The Morgan fingerprint density at radius 2 is 1.92 bits per heavy atom. The highest BCUT2D eigenvalue weighted by Crippen LogP contribution is 2.34. The maximum absolute atomic E-state index is 5.92. The van der Waals surface area contributed by atoms with Crippen molar-refractivity contribution in [3.05, 3.63) is 27.7 Å². The van der Waals surface area contributed by atoms with E-state index in [0.29, 0.717) is 22.4 Å². The van der Waals surface area contributed by atoms with Gasteiger partial charge in [0.1, 0.15) is 10.8 Å². The minimum atomic E-state index is 0.499. The molecule has 0 spiro atoms. The van der Waals surface area contributed by atoms with Gasteiger partial charge < -0.3 is 4.74 Å². The van der Waals surface area contributed by atoms with Crippen LogP contribution in [-0.2, 0) is 0 Å². The molecule has 0 radical (unpaired) electrons. The standard InChI is InChI=1S/C9H10Cl2O/c1-3-12-7-5-4-6(2)8(10)9(7)11/h4-5H,3H2,1-2H3. The second kappa shape index (κ2) is 4.01. The minimum Gasteiger partial charge on any atom is -0.492 e. The molecule has 0 atom stereocenters. The molecule has 0 saturated heterocycles. The average Bonchev–Trinajstić information content (AvgIpc) is 2.07. The van der Waals surface area contributed by atoms with Crippen molar-refractivity contribution in [3.8, 4) is 5.75 Å². The molecule has 66 valence electrons. The summed E-state index contributed by atoms with van der Waals surface area (Å²) in [5, 5.41) is 1.07. The van der Waals surface area contributed by atoms with E-state index in [0.717, 1.165) is 5.56 Å². The molecule has 0 saturated carbocycles. The Bertz CT molecular complexity index is 284. The summed E-state index contributed by atoms with van der Waals surface area (Å²) in [6, 6.07) is 3.71. The average molecular weight is 205 g/mol. The molecular weight excluding hydrogens is 195 g/mol. The van der Waals surface area contributed by atoms with Crippen molar-refractivity contribution in [1.82, 2.24) is 0 Å². The fourth-order valence-corrected chi connectivity index (χ4v) is 1.32. The third-order valence-electron chi connectivity index (χ3n) is 1.54. The summed E-state index contributed by atoms with van der Waals surface area (Å²) in [4.78, 5) is 0. The number of ether oxygens (including phenoxy) is 1. The molecule has 0 aliphatic carbocycles. The van der Waals surface area contributed by atoms with Crippen LogP contribution in [0.4, 0.5) is 0 Å². The lowest BCUT2D eigenvalue weighted by Gasteiger charge is -2.07. The van der Waals surface area contributed by atoms with Gasteiger partial charge in [-0.3, -0.25) is 0 Å². The van der Waals surface area contributed by atoms with Crippen molar-refractivity contribution in [1.29, 1.82) is 0 Å². The first-order valence-electron chi connectivity index (χ1n) is 3.74. The van der Waals surface area contributed by atoms with Gasteiger partial charge in [-0.1, -0.05) is 29.3 Å². The summed E-state index contributed by atoms with van der Waals surface area (Å²) >= 11 is 11.8. The lowest BCUT2D eigenvalue weighted by Crippen LogP contribution is -1.92. The van der Waals surface area contributed by atoms with Crippen molar-refractivity contribution in [2.45, 2.75) is 13.8 Å². The summed E-state index contributed by atoms with van der Waals surface area (Å²) in [5.41, 5.74) is 0.963. The Hall–Kier alpha value is -0.400. The molecule has 0 aliphatic heterocycles. The predicted octanol–water partition coefficient (Wildman–Crippen LogP) is 3.70. The van der Waals surface area contributed by atoms with Crippen molar-refractivity contribution in [2.75, 3.05) is 6.61 Å². The molecule has 0 amide bonds. The van der Waals surface area contributed by atoms with Crippen LogP contribution in [0.25, 0.3) is 0 Å². The quantitative estimate of drug-likeness (QED) is 0.715. The second-order valence-corrected chi connectivity index (χ2v) is 3.20. The molecule has 0 bridgehead atoms. The van der Waals surface area contributed by atoms with Gasteiger partial charge in [0, 0.05) is 0 Å². The molecule has 3 heteroatoms. The number of rotatable bonds is 2. The molecule has 1 aromatic carbocycles. The highest BCUT2D eigenvalue weighted by atomic mass is 35.5. The smallest absolute Gasteiger partial charge is 0.139 e. The van der Waals surface area contributed by atoms with Gasteiger partial charge in [-0.2, -0.15) is 0 Å². The largest absolute Gasteiger partial charge is 0.492 e.